The van der Waals surface area contributed by atoms with Gasteiger partial charge in [-0.05, 0) is 26.2 Å². The molecular weight excluding hydrogens is 258 g/mol. The molecule has 20 heavy (non-hydrogen) atoms. The van der Waals surface area contributed by atoms with Gasteiger partial charge >= 0.3 is 0 Å². The quantitative estimate of drug-likeness (QED) is 0.451. The smallest absolute Gasteiger partial charge is 0.253 e. The summed E-state index contributed by atoms with van der Waals surface area (Å²) in [7, 11) is 0. The minimum Gasteiger partial charge on any atom is -0.300 e. The van der Waals surface area contributed by atoms with E-state index in [1.54, 1.807) is 0 Å². The molecule has 5 nitrogen and oxygen atoms in total. The number of rotatable bonds is 10. The average molecular weight is 279 g/mol. The Morgan fingerprint density at radius 2 is 1.50 bits per heavy atom. The number of imide groups is 1. The van der Waals surface area contributed by atoms with Crippen molar-refractivity contribution in [1.82, 2.24) is 4.90 Å². The summed E-state index contributed by atoms with van der Waals surface area (Å²) in [5, 5.41) is 0. The van der Waals surface area contributed by atoms with Gasteiger partial charge in [-0.2, -0.15) is 0 Å². The van der Waals surface area contributed by atoms with Crippen LogP contribution in [-0.4, -0.2) is 34.8 Å². The summed E-state index contributed by atoms with van der Waals surface area (Å²) in [5.41, 5.74) is 0. The molecule has 0 aromatic heterocycles. The molecule has 1 rings (SSSR count). The molecule has 0 saturated carbocycles. The standard InChI is InChI=1S/C15H21NO4/c1-12(17)6-5-8-13(18)7-3-2-4-11-16-14(19)9-10-15(16)20/h9-10H,2-8,11H2,1H3. The third-order valence-corrected chi connectivity index (χ3v) is 3.22. The predicted molar refractivity (Wildman–Crippen MR) is 73.9 cm³/mol. The van der Waals surface area contributed by atoms with Crippen LogP contribution in [0.25, 0.3) is 0 Å². The van der Waals surface area contributed by atoms with Gasteiger partial charge < -0.3 is 4.79 Å². The SMILES string of the molecule is CC(=O)CCCC(=O)CCCCCN1C(=O)C=CC1=O. The number of carbonyl (C=O) groups excluding carboxylic acids is 4. The molecule has 1 aliphatic rings. The number of carbonyl (C=O) groups is 4. The fourth-order valence-electron chi connectivity index (χ4n) is 2.08. The Hall–Kier alpha value is -1.78. The summed E-state index contributed by atoms with van der Waals surface area (Å²) in [6, 6.07) is 0. The van der Waals surface area contributed by atoms with E-state index >= 15 is 0 Å². The van der Waals surface area contributed by atoms with Gasteiger partial charge in [0.25, 0.3) is 11.8 Å². The van der Waals surface area contributed by atoms with Crippen LogP contribution < -0.4 is 0 Å². The fraction of sp³-hybridized carbons (Fsp3) is 0.600. The topological polar surface area (TPSA) is 71.5 Å². The van der Waals surface area contributed by atoms with E-state index in [-0.39, 0.29) is 23.4 Å². The predicted octanol–water partition coefficient (Wildman–Crippen LogP) is 1.80. The molecule has 0 N–H and O–H groups in total. The minimum absolute atomic E-state index is 0.117. The van der Waals surface area contributed by atoms with E-state index in [0.717, 1.165) is 19.3 Å². The zero-order valence-corrected chi connectivity index (χ0v) is 11.9. The molecule has 110 valence electrons. The highest BCUT2D eigenvalue weighted by atomic mass is 16.2. The van der Waals surface area contributed by atoms with Crippen LogP contribution in [-0.2, 0) is 19.2 Å². The van der Waals surface area contributed by atoms with Crippen molar-refractivity contribution in [3.63, 3.8) is 0 Å². The van der Waals surface area contributed by atoms with E-state index < -0.39 is 0 Å². The molecule has 0 radical (unpaired) electrons. The van der Waals surface area contributed by atoms with Crippen molar-refractivity contribution in [2.45, 2.75) is 51.9 Å². The van der Waals surface area contributed by atoms with Crippen LogP contribution in [0.15, 0.2) is 12.2 Å². The summed E-state index contributed by atoms with van der Waals surface area (Å²) in [5.74, 6) is -0.210. The van der Waals surface area contributed by atoms with E-state index in [9.17, 15) is 19.2 Å². The van der Waals surface area contributed by atoms with Crippen LogP contribution >= 0.6 is 0 Å². The fourth-order valence-corrected chi connectivity index (χ4v) is 2.08. The molecule has 0 unspecified atom stereocenters. The Kier molecular flexibility index (Phi) is 6.84. The van der Waals surface area contributed by atoms with Crippen LogP contribution in [0.1, 0.15) is 51.9 Å². The maximum absolute atomic E-state index is 11.5. The highest BCUT2D eigenvalue weighted by molar-refractivity contribution is 6.12. The number of hydrogen-bond acceptors (Lipinski definition) is 4. The van der Waals surface area contributed by atoms with Gasteiger partial charge in [0.15, 0.2) is 0 Å². The van der Waals surface area contributed by atoms with E-state index in [1.165, 1.54) is 24.0 Å². The molecule has 0 spiro atoms. The molecule has 0 atom stereocenters. The molecule has 0 aliphatic carbocycles. The van der Waals surface area contributed by atoms with Crippen LogP contribution in [0.4, 0.5) is 0 Å². The second kappa shape index (κ2) is 8.40. The first kappa shape index (κ1) is 16.3. The highest BCUT2D eigenvalue weighted by Gasteiger charge is 2.22. The minimum atomic E-state index is -0.254. The van der Waals surface area contributed by atoms with Gasteiger partial charge in [0.2, 0.25) is 0 Å². The van der Waals surface area contributed by atoms with Crippen molar-refractivity contribution >= 4 is 23.4 Å². The Balaban J connectivity index is 2.02. The zero-order chi connectivity index (χ0) is 15.0. The van der Waals surface area contributed by atoms with Gasteiger partial charge in [-0.15, -0.1) is 0 Å². The Bertz CT molecular complexity index is 408. The summed E-state index contributed by atoms with van der Waals surface area (Å²) in [6.45, 7) is 1.95. The van der Waals surface area contributed by atoms with Gasteiger partial charge in [-0.1, -0.05) is 6.42 Å². The Morgan fingerprint density at radius 3 is 2.10 bits per heavy atom. The lowest BCUT2D eigenvalue weighted by Crippen LogP contribution is -2.30. The van der Waals surface area contributed by atoms with Crippen molar-refractivity contribution in [1.29, 1.82) is 0 Å². The molecule has 0 bridgehead atoms. The number of hydrogen-bond donors (Lipinski definition) is 0. The van der Waals surface area contributed by atoms with Crippen molar-refractivity contribution in [3.8, 4) is 0 Å². The molecule has 1 aliphatic heterocycles. The monoisotopic (exact) mass is 279 g/mol. The van der Waals surface area contributed by atoms with Crippen molar-refractivity contribution in [3.05, 3.63) is 12.2 Å². The first-order valence-electron chi connectivity index (χ1n) is 7.05. The second-order valence-electron chi connectivity index (χ2n) is 5.07. The lowest BCUT2D eigenvalue weighted by atomic mass is 10.1. The van der Waals surface area contributed by atoms with Crippen LogP contribution in [0, 0.1) is 0 Å². The Labute approximate surface area is 119 Å². The number of nitrogens with zero attached hydrogens (tertiary/aromatic N) is 1. The van der Waals surface area contributed by atoms with Gasteiger partial charge in [0, 0.05) is 38.0 Å². The highest BCUT2D eigenvalue weighted by Crippen LogP contribution is 2.09. The molecule has 1 heterocycles. The van der Waals surface area contributed by atoms with E-state index in [4.69, 9.17) is 0 Å². The second-order valence-corrected chi connectivity index (χ2v) is 5.07. The zero-order valence-electron chi connectivity index (χ0n) is 11.9. The van der Waals surface area contributed by atoms with E-state index in [2.05, 4.69) is 0 Å². The maximum Gasteiger partial charge on any atom is 0.253 e. The normalized spacial score (nSPS) is 14.2. The lowest BCUT2D eigenvalue weighted by molar-refractivity contribution is -0.137. The summed E-state index contributed by atoms with van der Waals surface area (Å²) >= 11 is 0. The molecular formula is C15H21NO4. The van der Waals surface area contributed by atoms with Crippen molar-refractivity contribution in [2.75, 3.05) is 6.54 Å². The third-order valence-electron chi connectivity index (χ3n) is 3.22. The first-order valence-corrected chi connectivity index (χ1v) is 7.05. The summed E-state index contributed by atoms with van der Waals surface area (Å²) < 4.78 is 0. The summed E-state index contributed by atoms with van der Waals surface area (Å²) in [6.07, 6.45) is 6.94. The number of ketones is 2. The first-order chi connectivity index (χ1) is 9.50. The van der Waals surface area contributed by atoms with Crippen LogP contribution in [0.3, 0.4) is 0 Å². The van der Waals surface area contributed by atoms with Crippen LogP contribution in [0.5, 0.6) is 0 Å². The van der Waals surface area contributed by atoms with E-state index in [1.807, 2.05) is 0 Å². The number of Topliss-reactive ketones (excluding diaryl/α,β-unsaturated/α-hetero) is 2. The largest absolute Gasteiger partial charge is 0.300 e. The van der Waals surface area contributed by atoms with Crippen molar-refractivity contribution in [2.24, 2.45) is 0 Å². The van der Waals surface area contributed by atoms with Gasteiger partial charge in [0.1, 0.15) is 11.6 Å². The molecule has 5 heteroatoms. The molecule has 2 amide bonds. The molecule has 0 fully saturated rings. The molecule has 0 aromatic carbocycles. The maximum atomic E-state index is 11.5. The average Bonchev–Trinajstić information content (AvgIpc) is 2.69. The lowest BCUT2D eigenvalue weighted by Gasteiger charge is -2.12. The van der Waals surface area contributed by atoms with Gasteiger partial charge in [0.05, 0.1) is 0 Å². The van der Waals surface area contributed by atoms with Gasteiger partial charge in [-0.25, -0.2) is 0 Å². The van der Waals surface area contributed by atoms with Gasteiger partial charge in [-0.3, -0.25) is 19.3 Å². The summed E-state index contributed by atoms with van der Waals surface area (Å²) in [4.78, 5) is 46.0. The number of amides is 2. The molecule has 0 saturated heterocycles. The van der Waals surface area contributed by atoms with Crippen molar-refractivity contribution < 1.29 is 19.2 Å². The van der Waals surface area contributed by atoms with E-state index in [0.29, 0.717) is 32.2 Å². The third kappa shape index (κ3) is 5.91. The molecule has 0 aromatic rings. The Morgan fingerprint density at radius 1 is 0.900 bits per heavy atom. The van der Waals surface area contributed by atoms with Crippen LogP contribution in [0.2, 0.25) is 0 Å². The number of unbranched alkanes of at least 4 members (excludes halogenated alkanes) is 2.